The van der Waals surface area contributed by atoms with Gasteiger partial charge < -0.3 is 19.3 Å². The van der Waals surface area contributed by atoms with Crippen molar-refractivity contribution in [3.8, 4) is 11.5 Å². The first-order chi connectivity index (χ1) is 9.17. The van der Waals surface area contributed by atoms with Crippen LogP contribution in [0.1, 0.15) is 24.5 Å². The van der Waals surface area contributed by atoms with Crippen molar-refractivity contribution in [1.29, 1.82) is 0 Å². The molecule has 1 aliphatic heterocycles. The summed E-state index contributed by atoms with van der Waals surface area (Å²) in [5.74, 6) is -0.126. The first kappa shape index (κ1) is 13.7. The van der Waals surface area contributed by atoms with E-state index in [1.807, 2.05) is 6.07 Å². The van der Waals surface area contributed by atoms with Crippen LogP contribution in [0.15, 0.2) is 18.2 Å². The van der Waals surface area contributed by atoms with Gasteiger partial charge in [0.15, 0.2) is 11.5 Å². The van der Waals surface area contributed by atoms with Crippen LogP contribution in [-0.4, -0.2) is 31.9 Å². The zero-order valence-electron chi connectivity index (χ0n) is 11.1. The average Bonchev–Trinajstić information content (AvgIpc) is 2.46. The van der Waals surface area contributed by atoms with E-state index >= 15 is 0 Å². The fourth-order valence-electron chi connectivity index (χ4n) is 2.39. The van der Waals surface area contributed by atoms with Crippen molar-refractivity contribution in [3.05, 3.63) is 23.8 Å². The summed E-state index contributed by atoms with van der Waals surface area (Å²) in [7, 11) is 3.12. The summed E-state index contributed by atoms with van der Waals surface area (Å²) in [6, 6.07) is 5.38. The lowest BCUT2D eigenvalue weighted by molar-refractivity contribution is -0.151. The van der Waals surface area contributed by atoms with E-state index in [9.17, 15) is 9.90 Å². The molecule has 2 rings (SSSR count). The van der Waals surface area contributed by atoms with Gasteiger partial charge in [-0.1, -0.05) is 6.07 Å². The highest BCUT2D eigenvalue weighted by Crippen LogP contribution is 2.37. The zero-order valence-corrected chi connectivity index (χ0v) is 11.1. The molecule has 1 heterocycles. The molecule has 2 unspecified atom stereocenters. The fourth-order valence-corrected chi connectivity index (χ4v) is 2.39. The van der Waals surface area contributed by atoms with E-state index in [4.69, 9.17) is 14.2 Å². The second kappa shape index (κ2) is 5.93. The molecule has 5 heteroatoms. The Bertz CT molecular complexity index is 457. The van der Waals surface area contributed by atoms with Crippen LogP contribution in [0.2, 0.25) is 0 Å². The molecule has 0 bridgehead atoms. The number of rotatable bonds is 4. The molecular formula is C14H18O5. The second-order valence-corrected chi connectivity index (χ2v) is 4.49. The Kier molecular flexibility index (Phi) is 4.27. The third-order valence-electron chi connectivity index (χ3n) is 3.38. The molecule has 0 saturated carbocycles. The first-order valence-electron chi connectivity index (χ1n) is 6.23. The Morgan fingerprint density at radius 3 is 2.68 bits per heavy atom. The van der Waals surface area contributed by atoms with Gasteiger partial charge in [0.25, 0.3) is 0 Å². The molecule has 1 saturated heterocycles. The number of hydrogen-bond acceptors (Lipinski definition) is 4. The quantitative estimate of drug-likeness (QED) is 0.905. The molecule has 1 aliphatic rings. The maximum Gasteiger partial charge on any atom is 0.309 e. The van der Waals surface area contributed by atoms with Crippen molar-refractivity contribution in [1.82, 2.24) is 0 Å². The summed E-state index contributed by atoms with van der Waals surface area (Å²) < 4.78 is 16.0. The third-order valence-corrected chi connectivity index (χ3v) is 3.38. The summed E-state index contributed by atoms with van der Waals surface area (Å²) in [5, 5.41) is 9.26. The monoisotopic (exact) mass is 266 g/mol. The Labute approximate surface area is 112 Å². The Morgan fingerprint density at radius 2 is 2.05 bits per heavy atom. The number of ether oxygens (including phenoxy) is 3. The smallest absolute Gasteiger partial charge is 0.309 e. The molecule has 104 valence electrons. The minimum atomic E-state index is -0.820. The highest BCUT2D eigenvalue weighted by atomic mass is 16.5. The molecule has 1 aromatic carbocycles. The summed E-state index contributed by atoms with van der Waals surface area (Å²) in [4.78, 5) is 11.3. The Morgan fingerprint density at radius 1 is 1.32 bits per heavy atom. The van der Waals surface area contributed by atoms with Gasteiger partial charge >= 0.3 is 5.97 Å². The Balaban J connectivity index is 2.31. The SMILES string of the molecule is COc1ccc(C2OCCCC2C(=O)O)cc1OC. The molecule has 1 N–H and O–H groups in total. The van der Waals surface area contributed by atoms with E-state index in [-0.39, 0.29) is 0 Å². The van der Waals surface area contributed by atoms with Gasteiger partial charge in [-0.05, 0) is 30.5 Å². The first-order valence-corrected chi connectivity index (χ1v) is 6.23. The molecule has 19 heavy (non-hydrogen) atoms. The predicted molar refractivity (Wildman–Crippen MR) is 68.6 cm³/mol. The van der Waals surface area contributed by atoms with Crippen molar-refractivity contribution in [2.75, 3.05) is 20.8 Å². The predicted octanol–water partition coefficient (Wildman–Crippen LogP) is 2.26. The maximum atomic E-state index is 11.3. The van der Waals surface area contributed by atoms with E-state index in [2.05, 4.69) is 0 Å². The summed E-state index contributed by atoms with van der Waals surface area (Å²) in [5.41, 5.74) is 0.810. The van der Waals surface area contributed by atoms with Crippen LogP contribution in [0, 0.1) is 5.92 Å². The fraction of sp³-hybridized carbons (Fsp3) is 0.500. The van der Waals surface area contributed by atoms with Gasteiger partial charge in [0, 0.05) is 6.61 Å². The molecule has 0 amide bonds. The third kappa shape index (κ3) is 2.81. The minimum absolute atomic E-state index is 0.425. The van der Waals surface area contributed by atoms with Gasteiger partial charge in [-0.3, -0.25) is 4.79 Å². The molecular weight excluding hydrogens is 248 g/mol. The number of carbonyl (C=O) groups is 1. The molecule has 0 aromatic heterocycles. The molecule has 5 nitrogen and oxygen atoms in total. The van der Waals surface area contributed by atoms with Crippen LogP contribution in [0.3, 0.4) is 0 Å². The van der Waals surface area contributed by atoms with E-state index in [0.717, 1.165) is 12.0 Å². The van der Waals surface area contributed by atoms with Crippen LogP contribution >= 0.6 is 0 Å². The number of carboxylic acid groups (broad SMARTS) is 1. The van der Waals surface area contributed by atoms with Gasteiger partial charge in [-0.2, -0.15) is 0 Å². The van der Waals surface area contributed by atoms with Gasteiger partial charge in [-0.25, -0.2) is 0 Å². The van der Waals surface area contributed by atoms with Crippen LogP contribution in [0.25, 0.3) is 0 Å². The number of hydrogen-bond donors (Lipinski definition) is 1. The highest BCUT2D eigenvalue weighted by Gasteiger charge is 2.33. The number of carboxylic acids is 1. The number of benzene rings is 1. The van der Waals surface area contributed by atoms with Crippen LogP contribution < -0.4 is 9.47 Å². The largest absolute Gasteiger partial charge is 0.493 e. The van der Waals surface area contributed by atoms with Crippen molar-refractivity contribution in [3.63, 3.8) is 0 Å². The summed E-state index contributed by atoms with van der Waals surface area (Å²) in [6.07, 6.45) is 0.987. The van der Waals surface area contributed by atoms with Crippen LogP contribution in [0.5, 0.6) is 11.5 Å². The van der Waals surface area contributed by atoms with Gasteiger partial charge in [0.05, 0.1) is 26.2 Å². The van der Waals surface area contributed by atoms with Gasteiger partial charge in [0.2, 0.25) is 0 Å². The topological polar surface area (TPSA) is 65.0 Å². The lowest BCUT2D eigenvalue weighted by Crippen LogP contribution is -2.28. The minimum Gasteiger partial charge on any atom is -0.493 e. The van der Waals surface area contributed by atoms with E-state index in [0.29, 0.717) is 24.5 Å². The van der Waals surface area contributed by atoms with Crippen LogP contribution in [-0.2, 0) is 9.53 Å². The highest BCUT2D eigenvalue weighted by molar-refractivity contribution is 5.71. The summed E-state index contributed by atoms with van der Waals surface area (Å²) in [6.45, 7) is 0.586. The van der Waals surface area contributed by atoms with Gasteiger partial charge in [0.1, 0.15) is 0 Å². The molecule has 1 fully saturated rings. The lowest BCUT2D eigenvalue weighted by atomic mass is 9.89. The summed E-state index contributed by atoms with van der Waals surface area (Å²) >= 11 is 0. The second-order valence-electron chi connectivity index (χ2n) is 4.49. The van der Waals surface area contributed by atoms with E-state index in [1.165, 1.54) is 0 Å². The average molecular weight is 266 g/mol. The lowest BCUT2D eigenvalue weighted by Gasteiger charge is -2.29. The molecule has 0 radical (unpaired) electrons. The van der Waals surface area contributed by atoms with E-state index < -0.39 is 18.0 Å². The number of methoxy groups -OCH3 is 2. The molecule has 1 aromatic rings. The van der Waals surface area contributed by atoms with Crippen molar-refractivity contribution in [2.24, 2.45) is 5.92 Å². The van der Waals surface area contributed by atoms with E-state index in [1.54, 1.807) is 26.4 Å². The van der Waals surface area contributed by atoms with Crippen molar-refractivity contribution in [2.45, 2.75) is 18.9 Å². The van der Waals surface area contributed by atoms with Gasteiger partial charge in [-0.15, -0.1) is 0 Å². The zero-order chi connectivity index (χ0) is 13.8. The van der Waals surface area contributed by atoms with Crippen molar-refractivity contribution < 1.29 is 24.1 Å². The normalized spacial score (nSPS) is 22.8. The van der Waals surface area contributed by atoms with Crippen molar-refractivity contribution >= 4 is 5.97 Å². The van der Waals surface area contributed by atoms with Crippen LogP contribution in [0.4, 0.5) is 0 Å². The number of aliphatic carboxylic acids is 1. The maximum absolute atomic E-state index is 11.3. The molecule has 0 spiro atoms. The standard InChI is InChI=1S/C14H18O5/c1-17-11-6-5-9(8-12(11)18-2)13-10(14(15)16)4-3-7-19-13/h5-6,8,10,13H,3-4,7H2,1-2H3,(H,15,16). The molecule has 2 atom stereocenters. The molecule has 0 aliphatic carbocycles. The Hall–Kier alpha value is -1.75.